The predicted octanol–water partition coefficient (Wildman–Crippen LogP) is 3.04. The number of ether oxygens (including phenoxy) is 1. The van der Waals surface area contributed by atoms with Gasteiger partial charge in [-0.05, 0) is 31.2 Å². The van der Waals surface area contributed by atoms with Crippen LogP contribution in [-0.4, -0.2) is 24.5 Å². The second kappa shape index (κ2) is 6.29. The molecule has 0 aromatic heterocycles. The number of hydrogen-bond acceptors (Lipinski definition) is 3. The fourth-order valence-electron chi connectivity index (χ4n) is 4.02. The lowest BCUT2D eigenvalue weighted by atomic mass is 9.77. The van der Waals surface area contributed by atoms with Crippen LogP contribution in [0.4, 0.5) is 0 Å². The first-order valence-corrected chi connectivity index (χ1v) is 8.17. The molecule has 2 atom stereocenters. The Hall–Kier alpha value is -1.19. The average Bonchev–Trinajstić information content (AvgIpc) is 2.97. The van der Waals surface area contributed by atoms with Gasteiger partial charge in [0.15, 0.2) is 0 Å². The molecule has 3 rings (SSSR count). The van der Waals surface area contributed by atoms with Crippen molar-refractivity contribution in [1.82, 2.24) is 0 Å². The summed E-state index contributed by atoms with van der Waals surface area (Å²) in [6, 6.07) is 9.96. The summed E-state index contributed by atoms with van der Waals surface area (Å²) >= 11 is 0. The predicted molar refractivity (Wildman–Crippen MR) is 83.1 cm³/mol. The molecule has 0 amide bonds. The minimum absolute atomic E-state index is 0.00554. The molecule has 1 aliphatic carbocycles. The molecule has 3 nitrogen and oxygen atoms in total. The maximum absolute atomic E-state index is 12.9. The molecule has 114 valence electrons. The van der Waals surface area contributed by atoms with Crippen molar-refractivity contribution in [3.63, 3.8) is 0 Å². The molecule has 3 heteroatoms. The highest BCUT2D eigenvalue weighted by atomic mass is 16.5. The van der Waals surface area contributed by atoms with Gasteiger partial charge in [0.25, 0.3) is 0 Å². The lowest BCUT2D eigenvalue weighted by Crippen LogP contribution is -2.41. The Morgan fingerprint density at radius 2 is 2.00 bits per heavy atom. The van der Waals surface area contributed by atoms with Crippen LogP contribution in [0.15, 0.2) is 30.3 Å². The lowest BCUT2D eigenvalue weighted by molar-refractivity contribution is -0.137. The first kappa shape index (κ1) is 14.7. The Kier molecular flexibility index (Phi) is 4.41. The van der Waals surface area contributed by atoms with Crippen molar-refractivity contribution >= 4 is 5.78 Å². The summed E-state index contributed by atoms with van der Waals surface area (Å²) in [5, 5.41) is 0. The van der Waals surface area contributed by atoms with E-state index in [2.05, 4.69) is 0 Å². The Labute approximate surface area is 126 Å². The van der Waals surface area contributed by atoms with Gasteiger partial charge in [-0.15, -0.1) is 0 Å². The van der Waals surface area contributed by atoms with Crippen LogP contribution in [0.5, 0.6) is 0 Å². The molecule has 1 saturated carbocycles. The minimum atomic E-state index is -0.159. The number of hydrogen-bond donors (Lipinski definition) is 1. The van der Waals surface area contributed by atoms with Gasteiger partial charge in [-0.3, -0.25) is 4.79 Å². The molecule has 2 aliphatic rings. The molecular formula is C18H25NO2. The van der Waals surface area contributed by atoms with Crippen LogP contribution in [0, 0.1) is 5.92 Å². The molecule has 2 N–H and O–H groups in total. The van der Waals surface area contributed by atoms with Gasteiger partial charge in [0, 0.05) is 19.1 Å². The number of ketones is 1. The molecule has 1 aromatic rings. The highest BCUT2D eigenvalue weighted by Gasteiger charge is 2.43. The zero-order valence-electron chi connectivity index (χ0n) is 12.6. The van der Waals surface area contributed by atoms with Crippen molar-refractivity contribution in [3.8, 4) is 0 Å². The lowest BCUT2D eigenvalue weighted by Gasteiger charge is -2.38. The fraction of sp³-hybridized carbons (Fsp3) is 0.611. The summed E-state index contributed by atoms with van der Waals surface area (Å²) < 4.78 is 6.04. The van der Waals surface area contributed by atoms with E-state index in [9.17, 15) is 4.79 Å². The van der Waals surface area contributed by atoms with Crippen LogP contribution >= 0.6 is 0 Å². The monoisotopic (exact) mass is 287 g/mol. The van der Waals surface area contributed by atoms with Crippen LogP contribution in [0.2, 0.25) is 0 Å². The Balaban J connectivity index is 1.74. The van der Waals surface area contributed by atoms with E-state index in [1.54, 1.807) is 0 Å². The van der Waals surface area contributed by atoms with E-state index >= 15 is 0 Å². The first-order chi connectivity index (χ1) is 10.2. The summed E-state index contributed by atoms with van der Waals surface area (Å²) in [7, 11) is 0. The summed E-state index contributed by atoms with van der Waals surface area (Å²) in [4.78, 5) is 12.9. The SMILES string of the molecule is NCC(C(=O)C1CCOC2(CCCC2)C1)c1ccccc1. The van der Waals surface area contributed by atoms with Crippen LogP contribution < -0.4 is 5.73 Å². The summed E-state index contributed by atoms with van der Waals surface area (Å²) in [5.41, 5.74) is 6.95. The minimum Gasteiger partial charge on any atom is -0.375 e. The molecule has 1 aromatic carbocycles. The molecular weight excluding hydrogens is 262 g/mol. The Bertz CT molecular complexity index is 479. The van der Waals surface area contributed by atoms with Crippen molar-refractivity contribution in [2.24, 2.45) is 11.7 Å². The van der Waals surface area contributed by atoms with E-state index < -0.39 is 0 Å². The normalized spacial score (nSPS) is 25.9. The van der Waals surface area contributed by atoms with E-state index in [1.165, 1.54) is 12.8 Å². The number of rotatable bonds is 4. The van der Waals surface area contributed by atoms with Gasteiger partial charge < -0.3 is 10.5 Å². The number of carbonyl (C=O) groups excluding carboxylic acids is 1. The van der Waals surface area contributed by atoms with Gasteiger partial charge in [-0.1, -0.05) is 43.2 Å². The summed E-state index contributed by atoms with van der Waals surface area (Å²) in [6.07, 6.45) is 6.46. The Morgan fingerprint density at radius 1 is 1.29 bits per heavy atom. The Morgan fingerprint density at radius 3 is 2.67 bits per heavy atom. The van der Waals surface area contributed by atoms with E-state index in [1.807, 2.05) is 30.3 Å². The van der Waals surface area contributed by atoms with Crippen molar-refractivity contribution in [1.29, 1.82) is 0 Å². The third-order valence-corrected chi connectivity index (χ3v) is 5.19. The van der Waals surface area contributed by atoms with Gasteiger partial charge in [-0.25, -0.2) is 0 Å². The molecule has 0 radical (unpaired) electrons. The quantitative estimate of drug-likeness (QED) is 0.926. The van der Waals surface area contributed by atoms with Gasteiger partial charge in [0.2, 0.25) is 0 Å². The number of Topliss-reactive ketones (excluding diaryl/α,β-unsaturated/α-hetero) is 1. The zero-order chi connectivity index (χ0) is 14.7. The largest absolute Gasteiger partial charge is 0.375 e. The third kappa shape index (κ3) is 3.04. The maximum Gasteiger partial charge on any atom is 0.144 e. The second-order valence-electron chi connectivity index (χ2n) is 6.53. The maximum atomic E-state index is 12.9. The number of nitrogens with two attached hydrogens (primary N) is 1. The zero-order valence-corrected chi connectivity index (χ0v) is 12.6. The standard InChI is InChI=1S/C18H25NO2/c19-13-16(14-6-2-1-3-7-14)17(20)15-8-11-21-18(12-15)9-4-5-10-18/h1-3,6-7,15-16H,4-5,8-13,19H2. The molecule has 1 spiro atoms. The van der Waals surface area contributed by atoms with Crippen molar-refractivity contribution in [2.75, 3.05) is 13.2 Å². The van der Waals surface area contributed by atoms with Gasteiger partial charge in [-0.2, -0.15) is 0 Å². The van der Waals surface area contributed by atoms with E-state index in [-0.39, 0.29) is 17.4 Å². The molecule has 21 heavy (non-hydrogen) atoms. The van der Waals surface area contributed by atoms with Crippen molar-refractivity contribution < 1.29 is 9.53 Å². The summed E-state index contributed by atoms with van der Waals surface area (Å²) in [6.45, 7) is 1.12. The third-order valence-electron chi connectivity index (χ3n) is 5.19. The number of benzene rings is 1. The molecule has 1 aliphatic heterocycles. The van der Waals surface area contributed by atoms with Gasteiger partial charge in [0.1, 0.15) is 5.78 Å². The average molecular weight is 287 g/mol. The second-order valence-corrected chi connectivity index (χ2v) is 6.53. The molecule has 2 fully saturated rings. The highest BCUT2D eigenvalue weighted by molar-refractivity contribution is 5.88. The molecule has 2 unspecified atom stereocenters. The fourth-order valence-corrected chi connectivity index (χ4v) is 4.02. The van der Waals surface area contributed by atoms with E-state index in [0.29, 0.717) is 12.3 Å². The van der Waals surface area contributed by atoms with Crippen molar-refractivity contribution in [3.05, 3.63) is 35.9 Å². The first-order valence-electron chi connectivity index (χ1n) is 8.17. The topological polar surface area (TPSA) is 52.3 Å². The number of carbonyl (C=O) groups is 1. The van der Waals surface area contributed by atoms with E-state index in [4.69, 9.17) is 10.5 Å². The van der Waals surface area contributed by atoms with Gasteiger partial charge >= 0.3 is 0 Å². The van der Waals surface area contributed by atoms with Crippen molar-refractivity contribution in [2.45, 2.75) is 50.0 Å². The molecule has 1 heterocycles. The highest BCUT2D eigenvalue weighted by Crippen LogP contribution is 2.43. The van der Waals surface area contributed by atoms with Crippen LogP contribution in [0.25, 0.3) is 0 Å². The van der Waals surface area contributed by atoms with Gasteiger partial charge in [0.05, 0.1) is 11.5 Å². The van der Waals surface area contributed by atoms with Crippen LogP contribution in [0.3, 0.4) is 0 Å². The van der Waals surface area contributed by atoms with E-state index in [0.717, 1.165) is 37.9 Å². The molecule has 1 saturated heterocycles. The van der Waals surface area contributed by atoms with Crippen LogP contribution in [-0.2, 0) is 9.53 Å². The summed E-state index contributed by atoms with van der Waals surface area (Å²) in [5.74, 6) is 0.275. The van der Waals surface area contributed by atoms with Crippen LogP contribution in [0.1, 0.15) is 50.0 Å². The smallest absolute Gasteiger partial charge is 0.144 e. The molecule has 0 bridgehead atoms.